The van der Waals surface area contributed by atoms with E-state index in [9.17, 15) is 0 Å². The van der Waals surface area contributed by atoms with Crippen LogP contribution < -0.4 is 0 Å². The highest BCUT2D eigenvalue weighted by molar-refractivity contribution is 8.08. The number of rotatable bonds is 4. The van der Waals surface area contributed by atoms with Gasteiger partial charge in [-0.3, -0.25) is 0 Å². The van der Waals surface area contributed by atoms with Crippen molar-refractivity contribution in [3.8, 4) is 0 Å². The minimum atomic E-state index is 0.363. The highest BCUT2D eigenvalue weighted by Gasteiger charge is 2.70. The van der Waals surface area contributed by atoms with Crippen LogP contribution in [0.3, 0.4) is 0 Å². The maximum Gasteiger partial charge on any atom is 0.0703 e. The molecule has 0 amide bonds. The third kappa shape index (κ3) is 1.95. The first-order valence-electron chi connectivity index (χ1n) is 8.09. The molecule has 0 nitrogen and oxygen atoms in total. The highest BCUT2D eigenvalue weighted by Crippen LogP contribution is 2.74. The van der Waals surface area contributed by atoms with Crippen molar-refractivity contribution in [2.45, 2.75) is 39.8 Å². The van der Waals surface area contributed by atoms with Gasteiger partial charge in [0.2, 0.25) is 0 Å². The Labute approximate surface area is 154 Å². The molecule has 0 saturated carbocycles. The topological polar surface area (TPSA) is 0 Å². The van der Waals surface area contributed by atoms with E-state index in [1.54, 1.807) is 4.88 Å². The Kier molecular flexibility index (Phi) is 3.91. The quantitative estimate of drug-likeness (QED) is 0.610. The van der Waals surface area contributed by atoms with Gasteiger partial charge in [-0.15, -0.1) is 34.9 Å². The Bertz CT molecular complexity index is 566. The van der Waals surface area contributed by atoms with E-state index in [0.29, 0.717) is 10.2 Å². The minimum absolute atomic E-state index is 0.363. The largest absolute Gasteiger partial charge is 0.158 e. The van der Waals surface area contributed by atoms with Gasteiger partial charge in [-0.1, -0.05) is 12.1 Å². The van der Waals surface area contributed by atoms with Crippen LogP contribution in [0.1, 0.15) is 24.1 Å². The van der Waals surface area contributed by atoms with Crippen LogP contribution in [-0.4, -0.2) is 33.0 Å². The molecule has 4 aliphatic heterocycles. The van der Waals surface area contributed by atoms with Crippen LogP contribution in [0.2, 0.25) is 0 Å². The van der Waals surface area contributed by atoms with E-state index in [2.05, 4.69) is 76.0 Å². The zero-order valence-corrected chi connectivity index (χ0v) is 16.5. The highest BCUT2D eigenvalue weighted by atomic mass is 32.2. The van der Waals surface area contributed by atoms with Gasteiger partial charge >= 0.3 is 0 Å². The summed E-state index contributed by atoms with van der Waals surface area (Å²) in [6.07, 6.45) is 6.59. The molecule has 1 aromatic heterocycles. The lowest BCUT2D eigenvalue weighted by Gasteiger charge is -2.54. The first-order valence-corrected chi connectivity index (χ1v) is 13.0. The van der Waals surface area contributed by atoms with E-state index in [1.807, 2.05) is 11.3 Å². The summed E-state index contributed by atoms with van der Waals surface area (Å²) in [4.78, 5) is 1.68. The SMILES string of the molecule is C1=CSC(C2(c3cccs3)SCCC2(C2CCS2)C2CS2)C1. The zero-order valence-electron chi connectivity index (χ0n) is 12.4. The molecule has 5 heterocycles. The first-order chi connectivity index (χ1) is 10.9. The molecule has 0 aliphatic carbocycles. The third-order valence-electron chi connectivity index (χ3n) is 5.75. The van der Waals surface area contributed by atoms with Crippen molar-refractivity contribution in [2.24, 2.45) is 5.41 Å². The molecule has 5 rings (SSSR count). The third-order valence-corrected chi connectivity index (χ3v) is 12.6. The van der Waals surface area contributed by atoms with Crippen LogP contribution in [0.5, 0.6) is 0 Å². The predicted molar refractivity (Wildman–Crippen MR) is 108 cm³/mol. The summed E-state index contributed by atoms with van der Waals surface area (Å²) in [6, 6.07) is 4.74. The Morgan fingerprint density at radius 3 is 2.59 bits per heavy atom. The van der Waals surface area contributed by atoms with Gasteiger partial charge in [0.25, 0.3) is 0 Å². The van der Waals surface area contributed by atoms with Gasteiger partial charge in [-0.25, -0.2) is 0 Å². The molecule has 0 radical (unpaired) electrons. The van der Waals surface area contributed by atoms with Gasteiger partial charge < -0.3 is 0 Å². The van der Waals surface area contributed by atoms with Crippen molar-refractivity contribution in [1.82, 2.24) is 0 Å². The number of allylic oxidation sites excluding steroid dienone is 1. The van der Waals surface area contributed by atoms with Crippen LogP contribution in [0.4, 0.5) is 0 Å². The molecular formula is C17H20S5. The smallest absolute Gasteiger partial charge is 0.0703 e. The average molecular weight is 385 g/mol. The summed E-state index contributed by atoms with van der Waals surface area (Å²) < 4.78 is 0.363. The fraction of sp³-hybridized carbons (Fsp3) is 0.647. The summed E-state index contributed by atoms with van der Waals surface area (Å²) in [6.45, 7) is 0. The van der Waals surface area contributed by atoms with Crippen LogP contribution in [0.25, 0.3) is 0 Å². The molecule has 0 bridgehead atoms. The van der Waals surface area contributed by atoms with Gasteiger partial charge in [-0.2, -0.15) is 23.5 Å². The fourth-order valence-corrected chi connectivity index (χ4v) is 12.1. The molecule has 118 valence electrons. The molecule has 1 aromatic rings. The standard InChI is InChI=1S/C17H20S5/c1-3-13(18-7-1)17(14-4-2-8-19-14)16(6-10-22-17,15-11-21-15)12-5-9-20-12/h1-3,7-8,12,14-15H,4-6,9-11H2. The molecule has 0 spiro atoms. The maximum absolute atomic E-state index is 2.45. The Balaban J connectivity index is 1.67. The Morgan fingerprint density at radius 2 is 2.00 bits per heavy atom. The molecule has 3 fully saturated rings. The summed E-state index contributed by atoms with van der Waals surface area (Å²) in [5.41, 5.74) is 0.541. The molecule has 0 N–H and O–H groups in total. The molecule has 3 saturated heterocycles. The molecule has 5 heteroatoms. The van der Waals surface area contributed by atoms with Crippen molar-refractivity contribution < 1.29 is 0 Å². The van der Waals surface area contributed by atoms with Crippen molar-refractivity contribution >= 4 is 58.4 Å². The van der Waals surface area contributed by atoms with Gasteiger partial charge in [-0.05, 0) is 47.6 Å². The van der Waals surface area contributed by atoms with Crippen LogP contribution in [0.15, 0.2) is 29.0 Å². The van der Waals surface area contributed by atoms with Gasteiger partial charge in [0, 0.05) is 31.8 Å². The van der Waals surface area contributed by atoms with Gasteiger partial charge in [0.05, 0.1) is 4.75 Å². The molecule has 5 atom stereocenters. The van der Waals surface area contributed by atoms with Gasteiger partial charge in [0.1, 0.15) is 0 Å². The average Bonchev–Trinajstić information content (AvgIpc) is 2.95. The first kappa shape index (κ1) is 15.1. The lowest BCUT2D eigenvalue weighted by atomic mass is 9.65. The van der Waals surface area contributed by atoms with Crippen molar-refractivity contribution in [1.29, 1.82) is 0 Å². The normalized spacial score (nSPS) is 46.8. The molecule has 0 aromatic carbocycles. The van der Waals surface area contributed by atoms with Crippen molar-refractivity contribution in [3.05, 3.63) is 33.9 Å². The van der Waals surface area contributed by atoms with E-state index in [-0.39, 0.29) is 0 Å². The number of hydrogen-bond donors (Lipinski definition) is 0. The Hall–Kier alpha value is 0.840. The summed E-state index contributed by atoms with van der Waals surface area (Å²) in [7, 11) is 0. The monoisotopic (exact) mass is 384 g/mol. The van der Waals surface area contributed by atoms with E-state index in [4.69, 9.17) is 0 Å². The second-order valence-electron chi connectivity index (χ2n) is 6.55. The van der Waals surface area contributed by atoms with E-state index >= 15 is 0 Å². The summed E-state index contributed by atoms with van der Waals surface area (Å²) in [5, 5.41) is 7.26. The van der Waals surface area contributed by atoms with Crippen molar-refractivity contribution in [3.63, 3.8) is 0 Å². The van der Waals surface area contributed by atoms with Crippen LogP contribution in [0, 0.1) is 5.41 Å². The lowest BCUT2D eigenvalue weighted by Crippen LogP contribution is -2.56. The Morgan fingerprint density at radius 1 is 1.09 bits per heavy atom. The number of thioether (sulfide) groups is 4. The van der Waals surface area contributed by atoms with E-state index in [0.717, 1.165) is 15.7 Å². The summed E-state index contributed by atoms with van der Waals surface area (Å²) in [5.74, 6) is 4.17. The second-order valence-corrected chi connectivity index (χ2v) is 12.5. The lowest BCUT2D eigenvalue weighted by molar-refractivity contribution is 0.194. The molecule has 22 heavy (non-hydrogen) atoms. The fourth-order valence-electron chi connectivity index (χ4n) is 4.68. The van der Waals surface area contributed by atoms with Crippen LogP contribution in [-0.2, 0) is 4.75 Å². The van der Waals surface area contributed by atoms with Crippen molar-refractivity contribution in [2.75, 3.05) is 17.3 Å². The minimum Gasteiger partial charge on any atom is -0.158 e. The predicted octanol–water partition coefficient (Wildman–Crippen LogP) is 5.71. The number of thiophene rings is 1. The molecule has 4 aliphatic rings. The molecule has 5 unspecified atom stereocenters. The second kappa shape index (κ2) is 5.69. The van der Waals surface area contributed by atoms with E-state index in [1.165, 1.54) is 36.5 Å². The zero-order chi connectivity index (χ0) is 14.6. The molecular weight excluding hydrogens is 365 g/mol. The van der Waals surface area contributed by atoms with Crippen LogP contribution >= 0.6 is 58.4 Å². The van der Waals surface area contributed by atoms with Gasteiger partial charge in [0.15, 0.2) is 0 Å². The number of hydrogen-bond acceptors (Lipinski definition) is 5. The maximum atomic E-state index is 2.45. The van der Waals surface area contributed by atoms with E-state index < -0.39 is 0 Å². The summed E-state index contributed by atoms with van der Waals surface area (Å²) >= 11 is 11.0.